The Morgan fingerprint density at radius 1 is 1.35 bits per heavy atom. The zero-order chi connectivity index (χ0) is 15.6. The third-order valence-electron chi connectivity index (χ3n) is 2.48. The molecule has 0 bridgehead atoms. The molecule has 0 heterocycles. The molecule has 0 saturated heterocycles. The van der Waals surface area contributed by atoms with E-state index in [4.69, 9.17) is 20.4 Å². The Bertz CT molecular complexity index is 384. The van der Waals surface area contributed by atoms with Crippen LogP contribution in [0.2, 0.25) is 0 Å². The molecule has 0 aliphatic heterocycles. The molecule has 0 aromatic rings. The molecule has 0 aromatic carbocycles. The summed E-state index contributed by atoms with van der Waals surface area (Å²) in [7, 11) is -1.96. The highest BCUT2D eigenvalue weighted by Gasteiger charge is 2.22. The lowest BCUT2D eigenvalue weighted by Crippen LogP contribution is -2.39. The van der Waals surface area contributed by atoms with Gasteiger partial charge in [0.2, 0.25) is 10.0 Å². The van der Waals surface area contributed by atoms with Crippen LogP contribution in [0.1, 0.15) is 20.3 Å². The van der Waals surface area contributed by atoms with Gasteiger partial charge >= 0.3 is 0 Å². The van der Waals surface area contributed by atoms with Crippen LogP contribution in [0, 0.1) is 0 Å². The van der Waals surface area contributed by atoms with Gasteiger partial charge in [0, 0.05) is 26.6 Å². The van der Waals surface area contributed by atoms with Crippen molar-refractivity contribution < 1.29 is 23.1 Å². The molecule has 0 amide bonds. The first-order chi connectivity index (χ1) is 9.33. The number of amidine groups is 1. The van der Waals surface area contributed by atoms with Gasteiger partial charge in [-0.15, -0.1) is 0 Å². The van der Waals surface area contributed by atoms with Gasteiger partial charge in [-0.2, -0.15) is 4.31 Å². The monoisotopic (exact) mass is 311 g/mol. The van der Waals surface area contributed by atoms with Gasteiger partial charge < -0.3 is 20.4 Å². The molecular weight excluding hydrogens is 286 g/mol. The molecule has 0 saturated carbocycles. The summed E-state index contributed by atoms with van der Waals surface area (Å²) in [5, 5.41) is 11.3. The van der Waals surface area contributed by atoms with Crippen LogP contribution in [0.15, 0.2) is 5.16 Å². The zero-order valence-electron chi connectivity index (χ0n) is 12.3. The Morgan fingerprint density at radius 2 is 2.00 bits per heavy atom. The zero-order valence-corrected chi connectivity index (χ0v) is 13.1. The summed E-state index contributed by atoms with van der Waals surface area (Å²) in [5.74, 6) is -0.119. The largest absolute Gasteiger partial charge is 0.409 e. The SMILES string of the molecule is COCCN(CCC(N)=NO)S(=O)(=O)CCOC(C)C. The molecule has 0 rings (SSSR count). The van der Waals surface area contributed by atoms with Gasteiger partial charge in [-0.05, 0) is 13.8 Å². The van der Waals surface area contributed by atoms with Crippen LogP contribution in [0.25, 0.3) is 0 Å². The number of oxime groups is 1. The van der Waals surface area contributed by atoms with Crippen LogP contribution in [0.5, 0.6) is 0 Å². The molecule has 0 aliphatic carbocycles. The molecular formula is C11H25N3O5S. The van der Waals surface area contributed by atoms with E-state index >= 15 is 0 Å². The van der Waals surface area contributed by atoms with E-state index < -0.39 is 10.0 Å². The summed E-state index contributed by atoms with van der Waals surface area (Å²) in [6.07, 6.45) is 0.139. The maximum atomic E-state index is 12.2. The smallest absolute Gasteiger partial charge is 0.216 e. The lowest BCUT2D eigenvalue weighted by Gasteiger charge is -2.21. The lowest BCUT2D eigenvalue weighted by molar-refractivity contribution is 0.0905. The first-order valence-corrected chi connectivity index (χ1v) is 7.99. The van der Waals surface area contributed by atoms with Gasteiger partial charge in [-0.25, -0.2) is 8.42 Å². The third-order valence-corrected chi connectivity index (χ3v) is 4.31. The van der Waals surface area contributed by atoms with Crippen LogP contribution in [0.4, 0.5) is 0 Å². The summed E-state index contributed by atoms with van der Waals surface area (Å²) >= 11 is 0. The minimum Gasteiger partial charge on any atom is -0.409 e. The first-order valence-electron chi connectivity index (χ1n) is 6.38. The normalized spacial score (nSPS) is 13.3. The van der Waals surface area contributed by atoms with Crippen molar-refractivity contribution in [1.82, 2.24) is 4.31 Å². The second-order valence-electron chi connectivity index (χ2n) is 4.47. The topological polar surface area (TPSA) is 114 Å². The lowest BCUT2D eigenvalue weighted by atomic mass is 10.4. The van der Waals surface area contributed by atoms with Crippen molar-refractivity contribution in [2.24, 2.45) is 10.9 Å². The standard InChI is InChI=1S/C11H25N3O5S/c1-10(2)19-8-9-20(16,17)14(6-7-18-3)5-4-11(12)13-15/h10,15H,4-9H2,1-3H3,(H2,12,13). The van der Waals surface area contributed by atoms with E-state index in [0.29, 0.717) is 0 Å². The first kappa shape index (κ1) is 19.1. The van der Waals surface area contributed by atoms with Gasteiger partial charge in [0.1, 0.15) is 5.84 Å². The Balaban J connectivity index is 4.55. The molecule has 3 N–H and O–H groups in total. The van der Waals surface area contributed by atoms with Crippen molar-refractivity contribution in [3.8, 4) is 0 Å². The van der Waals surface area contributed by atoms with Crippen molar-refractivity contribution in [1.29, 1.82) is 0 Å². The molecule has 8 nitrogen and oxygen atoms in total. The Kier molecular flexibility index (Phi) is 9.47. The quantitative estimate of drug-likeness (QED) is 0.237. The summed E-state index contributed by atoms with van der Waals surface area (Å²) in [6.45, 7) is 4.46. The van der Waals surface area contributed by atoms with E-state index in [2.05, 4.69) is 5.16 Å². The average Bonchev–Trinajstić information content (AvgIpc) is 2.37. The fraction of sp³-hybridized carbons (Fsp3) is 0.909. The number of rotatable bonds is 11. The molecule has 0 fully saturated rings. The molecule has 120 valence electrons. The van der Waals surface area contributed by atoms with Crippen LogP contribution in [-0.4, -0.2) is 69.0 Å². The second kappa shape index (κ2) is 9.92. The predicted octanol–water partition coefficient (Wildman–Crippen LogP) is -0.174. The maximum absolute atomic E-state index is 12.2. The molecule has 9 heteroatoms. The molecule has 0 radical (unpaired) electrons. The van der Waals surface area contributed by atoms with E-state index in [1.165, 1.54) is 11.4 Å². The number of nitrogens with zero attached hydrogens (tertiary/aromatic N) is 2. The van der Waals surface area contributed by atoms with Gasteiger partial charge in [0.15, 0.2) is 0 Å². The average molecular weight is 311 g/mol. The van der Waals surface area contributed by atoms with E-state index in [0.717, 1.165) is 0 Å². The highest BCUT2D eigenvalue weighted by Crippen LogP contribution is 2.04. The maximum Gasteiger partial charge on any atom is 0.216 e. The minimum absolute atomic E-state index is 0.0129. The van der Waals surface area contributed by atoms with Crippen molar-refractivity contribution in [2.75, 3.05) is 39.2 Å². The number of hydrogen-bond donors (Lipinski definition) is 2. The summed E-state index contributed by atoms with van der Waals surface area (Å²) < 4.78 is 35.7. The summed E-state index contributed by atoms with van der Waals surface area (Å²) in [6, 6.07) is 0. The highest BCUT2D eigenvalue weighted by atomic mass is 32.2. The number of hydrogen-bond acceptors (Lipinski definition) is 6. The molecule has 0 unspecified atom stereocenters. The Labute approximate surface area is 120 Å². The number of sulfonamides is 1. The van der Waals surface area contributed by atoms with Gasteiger partial charge in [-0.1, -0.05) is 5.16 Å². The number of nitrogens with two attached hydrogens (primary N) is 1. The molecule has 20 heavy (non-hydrogen) atoms. The van der Waals surface area contributed by atoms with E-state index in [-0.39, 0.29) is 50.4 Å². The van der Waals surface area contributed by atoms with Gasteiger partial charge in [0.25, 0.3) is 0 Å². The van der Waals surface area contributed by atoms with Crippen LogP contribution >= 0.6 is 0 Å². The highest BCUT2D eigenvalue weighted by molar-refractivity contribution is 7.89. The van der Waals surface area contributed by atoms with Crippen LogP contribution in [0.3, 0.4) is 0 Å². The molecule has 0 aromatic heterocycles. The minimum atomic E-state index is -3.46. The van der Waals surface area contributed by atoms with Gasteiger partial charge in [-0.3, -0.25) is 0 Å². The summed E-state index contributed by atoms with van der Waals surface area (Å²) in [5.41, 5.74) is 5.36. The summed E-state index contributed by atoms with van der Waals surface area (Å²) in [4.78, 5) is 0. The fourth-order valence-corrected chi connectivity index (χ4v) is 2.68. The van der Waals surface area contributed by atoms with Gasteiger partial charge in [0.05, 0.1) is 25.1 Å². The Morgan fingerprint density at radius 3 is 2.50 bits per heavy atom. The second-order valence-corrected chi connectivity index (χ2v) is 6.56. The predicted molar refractivity (Wildman–Crippen MR) is 76.3 cm³/mol. The number of methoxy groups -OCH3 is 1. The molecule has 0 spiro atoms. The van der Waals surface area contributed by atoms with E-state index in [1.54, 1.807) is 0 Å². The van der Waals surface area contributed by atoms with E-state index in [1.807, 2.05) is 13.8 Å². The van der Waals surface area contributed by atoms with Crippen molar-refractivity contribution >= 4 is 15.9 Å². The molecule has 0 aliphatic rings. The van der Waals surface area contributed by atoms with Crippen LogP contribution in [-0.2, 0) is 19.5 Å². The van der Waals surface area contributed by atoms with E-state index in [9.17, 15) is 8.42 Å². The Hall–Kier alpha value is -0.900. The van der Waals surface area contributed by atoms with Crippen LogP contribution < -0.4 is 5.73 Å². The molecule has 0 atom stereocenters. The third kappa shape index (κ3) is 8.31. The van der Waals surface area contributed by atoms with Crippen molar-refractivity contribution in [3.05, 3.63) is 0 Å². The number of ether oxygens (including phenoxy) is 2. The van der Waals surface area contributed by atoms with Crippen molar-refractivity contribution in [3.63, 3.8) is 0 Å². The fourth-order valence-electron chi connectivity index (χ4n) is 1.39. The van der Waals surface area contributed by atoms with Crippen molar-refractivity contribution in [2.45, 2.75) is 26.4 Å².